The van der Waals surface area contributed by atoms with E-state index in [1.54, 1.807) is 24.3 Å². The number of methoxy groups -OCH3 is 1. The molecule has 1 saturated carbocycles. The lowest BCUT2D eigenvalue weighted by molar-refractivity contribution is -0.137. The fourth-order valence-electron chi connectivity index (χ4n) is 3.12. The van der Waals surface area contributed by atoms with Crippen LogP contribution in [0.1, 0.15) is 12.8 Å². The van der Waals surface area contributed by atoms with Gasteiger partial charge in [0.2, 0.25) is 11.8 Å². The molecule has 0 spiro atoms. The first-order valence-electron chi connectivity index (χ1n) is 6.61. The summed E-state index contributed by atoms with van der Waals surface area (Å²) in [7, 11) is 1.48. The van der Waals surface area contributed by atoms with E-state index in [1.807, 2.05) is 6.07 Å². The van der Waals surface area contributed by atoms with Gasteiger partial charge >= 0.3 is 0 Å². The Balaban J connectivity index is 1.99. The van der Waals surface area contributed by atoms with Gasteiger partial charge in [-0.25, -0.2) is 4.90 Å². The molecule has 0 radical (unpaired) electrons. The fraction of sp³-hybridized carbons (Fsp3) is 0.400. The number of amides is 2. The predicted molar refractivity (Wildman–Crippen MR) is 71.0 cm³/mol. The molecule has 1 saturated heterocycles. The van der Waals surface area contributed by atoms with Crippen molar-refractivity contribution in [1.82, 2.24) is 0 Å². The Morgan fingerprint density at radius 3 is 2.40 bits per heavy atom. The molecule has 0 bridgehead atoms. The van der Waals surface area contributed by atoms with Crippen LogP contribution in [0.25, 0.3) is 0 Å². The molecule has 5 heteroatoms. The van der Waals surface area contributed by atoms with Gasteiger partial charge in [0.15, 0.2) is 0 Å². The van der Waals surface area contributed by atoms with Crippen LogP contribution >= 0.6 is 0 Å². The highest BCUT2D eigenvalue weighted by Gasteiger charge is 2.54. The van der Waals surface area contributed by atoms with Crippen LogP contribution in [-0.2, 0) is 19.1 Å². The number of rotatable bonds is 2. The predicted octanol–water partition coefficient (Wildman–Crippen LogP) is 1.17. The first kappa shape index (κ1) is 13.0. The van der Waals surface area contributed by atoms with Crippen LogP contribution in [0.2, 0.25) is 0 Å². The number of benzene rings is 1. The van der Waals surface area contributed by atoms with Crippen molar-refractivity contribution < 1.29 is 19.1 Å². The van der Waals surface area contributed by atoms with Crippen LogP contribution < -0.4 is 4.90 Å². The molecule has 1 aromatic rings. The Kier molecular flexibility index (Phi) is 3.14. The van der Waals surface area contributed by atoms with Crippen LogP contribution in [0.3, 0.4) is 0 Å². The zero-order valence-electron chi connectivity index (χ0n) is 11.1. The van der Waals surface area contributed by atoms with Gasteiger partial charge in [0.25, 0.3) is 0 Å². The third-order valence-electron chi connectivity index (χ3n) is 4.07. The second kappa shape index (κ2) is 4.83. The zero-order chi connectivity index (χ0) is 14.3. The lowest BCUT2D eigenvalue weighted by Crippen LogP contribution is -2.40. The number of Topliss-reactive ketones (excluding diaryl/α,β-unsaturated/α-hetero) is 1. The van der Waals surface area contributed by atoms with Crippen LogP contribution in [0.5, 0.6) is 0 Å². The summed E-state index contributed by atoms with van der Waals surface area (Å²) >= 11 is 0. The lowest BCUT2D eigenvalue weighted by atomic mass is 9.78. The van der Waals surface area contributed by atoms with Crippen molar-refractivity contribution in [3.63, 3.8) is 0 Å². The SMILES string of the molecule is COC1CC(=O)CC2C(=O)N(c3ccccc3)C(=O)C12. The second-order valence-electron chi connectivity index (χ2n) is 5.20. The van der Waals surface area contributed by atoms with E-state index in [0.29, 0.717) is 5.69 Å². The molecule has 3 atom stereocenters. The standard InChI is InChI=1S/C15H15NO4/c1-20-12-8-10(17)7-11-13(12)15(19)16(14(11)18)9-5-3-2-4-6-9/h2-6,11-13H,7-8H2,1H3. The number of hydrogen-bond acceptors (Lipinski definition) is 4. The summed E-state index contributed by atoms with van der Waals surface area (Å²) in [6.07, 6.45) is -0.149. The van der Waals surface area contributed by atoms with Gasteiger partial charge in [0.1, 0.15) is 5.78 Å². The molecule has 0 aromatic heterocycles. The first-order valence-corrected chi connectivity index (χ1v) is 6.61. The summed E-state index contributed by atoms with van der Waals surface area (Å²) in [4.78, 5) is 37.9. The topological polar surface area (TPSA) is 63.7 Å². The summed E-state index contributed by atoms with van der Waals surface area (Å²) in [6, 6.07) is 8.81. The average molecular weight is 273 g/mol. The minimum Gasteiger partial charge on any atom is -0.380 e. The minimum atomic E-state index is -0.575. The largest absolute Gasteiger partial charge is 0.380 e. The Bertz CT molecular complexity index is 568. The molecule has 1 aliphatic carbocycles. The van der Waals surface area contributed by atoms with Crippen molar-refractivity contribution in [2.45, 2.75) is 18.9 Å². The summed E-state index contributed by atoms with van der Waals surface area (Å²) in [6.45, 7) is 0. The number of para-hydroxylation sites is 1. The maximum atomic E-state index is 12.5. The van der Waals surface area contributed by atoms with Crippen molar-refractivity contribution >= 4 is 23.3 Å². The zero-order valence-corrected chi connectivity index (χ0v) is 11.1. The quantitative estimate of drug-likeness (QED) is 0.759. The molecule has 3 unspecified atom stereocenters. The van der Waals surface area contributed by atoms with Crippen LogP contribution in [0.15, 0.2) is 30.3 Å². The van der Waals surface area contributed by atoms with Gasteiger partial charge in [-0.1, -0.05) is 18.2 Å². The number of fused-ring (bicyclic) bond motifs is 1. The lowest BCUT2D eigenvalue weighted by Gasteiger charge is -2.28. The van der Waals surface area contributed by atoms with Crippen molar-refractivity contribution in [2.24, 2.45) is 11.8 Å². The van der Waals surface area contributed by atoms with E-state index in [1.165, 1.54) is 12.0 Å². The van der Waals surface area contributed by atoms with E-state index >= 15 is 0 Å². The van der Waals surface area contributed by atoms with Crippen molar-refractivity contribution in [2.75, 3.05) is 12.0 Å². The molecule has 2 fully saturated rings. The minimum absolute atomic E-state index is 0.0193. The Labute approximate surface area is 116 Å². The van der Waals surface area contributed by atoms with Crippen molar-refractivity contribution in [1.29, 1.82) is 0 Å². The van der Waals surface area contributed by atoms with Crippen molar-refractivity contribution in [3.05, 3.63) is 30.3 Å². The highest BCUT2D eigenvalue weighted by Crippen LogP contribution is 2.40. The Hall–Kier alpha value is -2.01. The molecule has 104 valence electrons. The number of nitrogens with zero attached hydrogens (tertiary/aromatic N) is 1. The number of carbonyl (C=O) groups excluding carboxylic acids is 3. The van der Waals surface area contributed by atoms with E-state index < -0.39 is 17.9 Å². The summed E-state index contributed by atoms with van der Waals surface area (Å²) in [5.74, 6) is -1.68. The monoisotopic (exact) mass is 273 g/mol. The van der Waals surface area contributed by atoms with Gasteiger partial charge < -0.3 is 4.74 Å². The third-order valence-corrected chi connectivity index (χ3v) is 4.07. The van der Waals surface area contributed by atoms with Gasteiger partial charge in [-0.05, 0) is 12.1 Å². The van der Waals surface area contributed by atoms with Crippen LogP contribution in [0, 0.1) is 11.8 Å². The Morgan fingerprint density at radius 2 is 1.75 bits per heavy atom. The summed E-state index contributed by atoms with van der Waals surface area (Å²) in [5.41, 5.74) is 0.555. The maximum Gasteiger partial charge on any atom is 0.240 e. The van der Waals surface area contributed by atoms with E-state index in [0.717, 1.165) is 0 Å². The van der Waals surface area contributed by atoms with E-state index in [4.69, 9.17) is 4.74 Å². The van der Waals surface area contributed by atoms with Crippen LogP contribution in [-0.4, -0.2) is 30.8 Å². The number of hydrogen-bond donors (Lipinski definition) is 0. The maximum absolute atomic E-state index is 12.5. The van der Waals surface area contributed by atoms with Gasteiger partial charge in [-0.15, -0.1) is 0 Å². The number of imide groups is 1. The first-order chi connectivity index (χ1) is 9.63. The van der Waals surface area contributed by atoms with Crippen LogP contribution in [0.4, 0.5) is 5.69 Å². The Morgan fingerprint density at radius 1 is 1.05 bits per heavy atom. The molecule has 3 rings (SSSR count). The van der Waals surface area contributed by atoms with Gasteiger partial charge in [-0.3, -0.25) is 14.4 Å². The number of carbonyl (C=O) groups is 3. The molecule has 1 heterocycles. The molecule has 20 heavy (non-hydrogen) atoms. The van der Waals surface area contributed by atoms with E-state index in [-0.39, 0.29) is 30.4 Å². The number of ether oxygens (including phenoxy) is 1. The summed E-state index contributed by atoms with van der Waals surface area (Å²) < 4.78 is 5.26. The van der Waals surface area contributed by atoms with Gasteiger partial charge in [0.05, 0.1) is 23.6 Å². The third kappa shape index (κ3) is 1.86. The smallest absolute Gasteiger partial charge is 0.240 e. The fourth-order valence-corrected chi connectivity index (χ4v) is 3.12. The molecular weight excluding hydrogens is 258 g/mol. The number of anilines is 1. The van der Waals surface area contributed by atoms with Gasteiger partial charge in [-0.2, -0.15) is 0 Å². The number of ketones is 1. The molecule has 2 aliphatic rings. The molecule has 1 aromatic carbocycles. The van der Waals surface area contributed by atoms with Crippen molar-refractivity contribution in [3.8, 4) is 0 Å². The average Bonchev–Trinajstić information content (AvgIpc) is 2.71. The second-order valence-corrected chi connectivity index (χ2v) is 5.20. The molecule has 1 aliphatic heterocycles. The van der Waals surface area contributed by atoms with E-state index in [9.17, 15) is 14.4 Å². The highest BCUT2D eigenvalue weighted by molar-refractivity contribution is 6.23. The molecular formula is C15H15NO4. The van der Waals surface area contributed by atoms with Gasteiger partial charge in [0, 0.05) is 20.0 Å². The summed E-state index contributed by atoms with van der Waals surface area (Å²) in [5, 5.41) is 0. The van der Waals surface area contributed by atoms with E-state index in [2.05, 4.69) is 0 Å². The highest BCUT2D eigenvalue weighted by atomic mass is 16.5. The molecule has 5 nitrogen and oxygen atoms in total. The normalized spacial score (nSPS) is 29.8. The molecule has 2 amide bonds. The molecule has 0 N–H and O–H groups in total.